The molecule has 2 aromatic heterocycles. The van der Waals surface area contributed by atoms with Gasteiger partial charge in [0.1, 0.15) is 23.8 Å². The molecule has 0 radical (unpaired) electrons. The fraction of sp³-hybridized carbons (Fsp3) is 0.660. The fourth-order valence-corrected chi connectivity index (χ4v) is 12.6. The molecule has 6 unspecified atom stereocenters. The number of aliphatic hydroxyl groups excluding tert-OH is 1. The van der Waals surface area contributed by atoms with Gasteiger partial charge in [0.05, 0.1) is 67.3 Å². The van der Waals surface area contributed by atoms with Gasteiger partial charge in [-0.15, -0.1) is 0 Å². The molecule has 2 saturated heterocycles. The highest BCUT2D eigenvalue weighted by molar-refractivity contribution is 5.92. The van der Waals surface area contributed by atoms with E-state index >= 15 is 0 Å². The van der Waals surface area contributed by atoms with Crippen LogP contribution in [0.2, 0.25) is 0 Å². The first-order chi connectivity index (χ1) is 34.0. The Hall–Kier alpha value is -5.62. The van der Waals surface area contributed by atoms with Crippen LogP contribution in [0.3, 0.4) is 0 Å². The van der Waals surface area contributed by atoms with Crippen LogP contribution in [0.4, 0.5) is 11.6 Å². The molecule has 4 aliphatic carbocycles. The quantitative estimate of drug-likeness (QED) is 0.239. The highest BCUT2D eigenvalue weighted by Crippen LogP contribution is 2.64. The second kappa shape index (κ2) is 19.9. The number of hydrogen-bond acceptors (Lipinski definition) is 13. The van der Waals surface area contributed by atoms with E-state index in [1.54, 1.807) is 26.0 Å². The number of amides is 4. The van der Waals surface area contributed by atoms with Crippen LogP contribution in [-0.4, -0.2) is 157 Å². The number of methoxy groups -OCH3 is 2. The third-order valence-electron chi connectivity index (χ3n) is 16.7. The average molecular weight is 957 g/mol. The molecular weight excluding hydrogens is 889 g/mol. The normalized spacial score (nSPS) is 26.0. The van der Waals surface area contributed by atoms with Crippen molar-refractivity contribution in [2.75, 3.05) is 96.2 Å². The maximum atomic E-state index is 14.0. The molecule has 1 N–H and O–H groups in total. The van der Waals surface area contributed by atoms with Gasteiger partial charge in [-0.2, -0.15) is 10.5 Å². The summed E-state index contributed by atoms with van der Waals surface area (Å²) in [7, 11) is 3.23. The molecule has 4 amide bonds. The molecule has 0 bridgehead atoms. The van der Waals surface area contributed by atoms with Gasteiger partial charge in [-0.05, 0) is 104 Å². The highest BCUT2D eigenvalue weighted by atomic mass is 16.5. The van der Waals surface area contributed by atoms with Gasteiger partial charge in [0.25, 0.3) is 0 Å². The zero-order valence-electron chi connectivity index (χ0n) is 41.2. The molecule has 6 fully saturated rings. The first kappa shape index (κ1) is 48.0. The van der Waals surface area contributed by atoms with Crippen molar-refractivity contribution in [2.24, 2.45) is 23.7 Å². The van der Waals surface area contributed by atoms with Gasteiger partial charge in [0.2, 0.25) is 23.6 Å². The number of hydrogen-bond donors (Lipinski definition) is 1. The van der Waals surface area contributed by atoms with E-state index in [9.17, 15) is 34.8 Å². The highest BCUT2D eigenvalue weighted by Gasteiger charge is 2.59. The van der Waals surface area contributed by atoms with Gasteiger partial charge >= 0.3 is 0 Å². The van der Waals surface area contributed by atoms with E-state index in [0.717, 1.165) is 72.2 Å². The Kier molecular flexibility index (Phi) is 13.6. The van der Waals surface area contributed by atoms with Gasteiger partial charge in [-0.3, -0.25) is 19.2 Å². The van der Waals surface area contributed by atoms with E-state index in [0.29, 0.717) is 150 Å². The van der Waals surface area contributed by atoms with Crippen LogP contribution in [0.5, 0.6) is 0 Å². The Balaban J connectivity index is 0.939. The lowest BCUT2D eigenvalue weighted by Crippen LogP contribution is -2.57. The smallest absolute Gasteiger partial charge is 0.249 e. The second-order valence-electron chi connectivity index (χ2n) is 21.2. The number of nitrogens with zero attached hydrogens (tertiary/aromatic N) is 10. The largest absolute Gasteiger partial charge is 0.396 e. The molecule has 0 spiro atoms. The summed E-state index contributed by atoms with van der Waals surface area (Å²) in [5, 5.41) is 31.4. The molecule has 70 heavy (non-hydrogen) atoms. The van der Waals surface area contributed by atoms with E-state index in [-0.39, 0.29) is 67.0 Å². The van der Waals surface area contributed by atoms with Gasteiger partial charge in [-0.25, -0.2) is 9.97 Å². The Labute approximate surface area is 411 Å². The molecule has 6 heterocycles. The van der Waals surface area contributed by atoms with Crippen molar-refractivity contribution in [2.45, 2.75) is 115 Å². The number of ether oxygens (including phenoxy) is 2. The molecule has 10 rings (SSSR count). The third-order valence-corrected chi connectivity index (χ3v) is 16.7. The van der Waals surface area contributed by atoms with E-state index in [2.05, 4.69) is 33.4 Å². The van der Waals surface area contributed by atoms with Crippen molar-refractivity contribution in [1.82, 2.24) is 29.6 Å². The van der Waals surface area contributed by atoms with E-state index in [4.69, 9.17) is 19.4 Å². The summed E-state index contributed by atoms with van der Waals surface area (Å²) in [5.41, 5.74) is 7.51. The number of carbonyl (C=O) groups excluding carboxylic acids is 4. The first-order valence-corrected chi connectivity index (χ1v) is 25.8. The van der Waals surface area contributed by atoms with Crippen molar-refractivity contribution in [3.05, 3.63) is 56.9 Å². The molecular formula is C53H68N10O7. The average Bonchev–Trinajstić information content (AvgIpc) is 4.15. The molecule has 372 valence electrons. The predicted octanol–water partition coefficient (Wildman–Crippen LogP) is 3.78. The summed E-state index contributed by atoms with van der Waals surface area (Å²) in [6, 6.07) is 5.03. The lowest BCUT2D eigenvalue weighted by atomic mass is 9.91. The zero-order valence-corrected chi connectivity index (χ0v) is 41.2. The summed E-state index contributed by atoms with van der Waals surface area (Å²) >= 11 is 0. The standard InChI is InChI=1S/C53H68N10O7/c1-31(2)53(68)61-15-10-34-40(25-54)51(56-49(33-7-8-33)42(34)28-61)60-17-19-63(48(67)13-22-70-4)45(30-60)38-23-36(38)37-24-39(37)50-43-27-58(46(65)11-20-64)14-9-35(43)41(26-55)52(57-50)59-16-18-62(47(66)12-21-69-3)44(29-59)32-5-6-32/h32-33,36-39,44-45,64H,1,5-24,27-30H2,2-4H3. The zero-order chi connectivity index (χ0) is 49.0. The molecule has 2 aromatic rings. The molecule has 17 heteroatoms. The maximum Gasteiger partial charge on any atom is 0.249 e. The van der Waals surface area contributed by atoms with Crippen molar-refractivity contribution < 1.29 is 33.8 Å². The summed E-state index contributed by atoms with van der Waals surface area (Å²) in [4.78, 5) is 76.8. The van der Waals surface area contributed by atoms with Crippen LogP contribution in [0.1, 0.15) is 121 Å². The minimum atomic E-state index is -0.228. The molecule has 6 atom stereocenters. The van der Waals surface area contributed by atoms with Gasteiger partial charge in [-0.1, -0.05) is 6.58 Å². The van der Waals surface area contributed by atoms with Crippen LogP contribution in [0.25, 0.3) is 0 Å². The van der Waals surface area contributed by atoms with Crippen LogP contribution in [-0.2, 0) is 54.6 Å². The van der Waals surface area contributed by atoms with Crippen molar-refractivity contribution in [1.29, 1.82) is 10.5 Å². The topological polar surface area (TPSA) is 200 Å². The predicted molar refractivity (Wildman–Crippen MR) is 258 cm³/mol. The molecule has 0 aromatic carbocycles. The Bertz CT molecular complexity index is 2530. The minimum absolute atomic E-state index is 0.0340. The summed E-state index contributed by atoms with van der Waals surface area (Å²) < 4.78 is 10.6. The molecule has 17 nitrogen and oxygen atoms in total. The summed E-state index contributed by atoms with van der Waals surface area (Å²) in [6.07, 6.45) is 7.83. The summed E-state index contributed by atoms with van der Waals surface area (Å²) in [5.74, 6) is 3.03. The van der Waals surface area contributed by atoms with E-state index in [1.807, 2.05) is 9.80 Å². The number of carbonyl (C=O) groups is 4. The fourth-order valence-electron chi connectivity index (χ4n) is 12.6. The number of pyridine rings is 2. The Morgan fingerprint density at radius 3 is 1.79 bits per heavy atom. The van der Waals surface area contributed by atoms with Gasteiger partial charge < -0.3 is 44.0 Å². The number of rotatable bonds is 16. The first-order valence-electron chi connectivity index (χ1n) is 25.8. The number of anilines is 2. The van der Waals surface area contributed by atoms with Crippen molar-refractivity contribution in [3.63, 3.8) is 0 Å². The maximum absolute atomic E-state index is 14.0. The SMILES string of the molecule is C=C(C)C(=O)N1CCc2c(C#N)c(N3CCN(C(=O)CCOC)C(C4CC4C4CC4c4nc(N5CCN(C(=O)CCOC)C(C6CC6)C5)c(C#N)c5c4CN(C(=O)CCO)CC5)C3)nc(C3CC3)c2C1. The van der Waals surface area contributed by atoms with E-state index in [1.165, 1.54) is 0 Å². The number of aromatic nitrogens is 2. The molecule has 8 aliphatic rings. The monoisotopic (exact) mass is 957 g/mol. The van der Waals surface area contributed by atoms with E-state index < -0.39 is 0 Å². The lowest BCUT2D eigenvalue weighted by molar-refractivity contribution is -0.136. The van der Waals surface area contributed by atoms with Crippen LogP contribution in [0, 0.1) is 46.3 Å². The van der Waals surface area contributed by atoms with Crippen LogP contribution >= 0.6 is 0 Å². The van der Waals surface area contributed by atoms with Gasteiger partial charge in [0, 0.05) is 103 Å². The Morgan fingerprint density at radius 2 is 1.23 bits per heavy atom. The second-order valence-corrected chi connectivity index (χ2v) is 21.2. The number of nitriles is 2. The number of piperazine rings is 2. The Morgan fingerprint density at radius 1 is 0.671 bits per heavy atom. The number of aliphatic hydroxyl groups is 1. The number of fused-ring (bicyclic) bond motifs is 2. The minimum Gasteiger partial charge on any atom is -0.396 e. The van der Waals surface area contributed by atoms with Gasteiger partial charge in [0.15, 0.2) is 0 Å². The lowest BCUT2D eigenvalue weighted by Gasteiger charge is -2.43. The van der Waals surface area contributed by atoms with Crippen LogP contribution in [0.15, 0.2) is 12.2 Å². The van der Waals surface area contributed by atoms with Crippen LogP contribution < -0.4 is 9.80 Å². The van der Waals surface area contributed by atoms with Crippen molar-refractivity contribution >= 4 is 35.3 Å². The molecule has 4 saturated carbocycles. The summed E-state index contributed by atoms with van der Waals surface area (Å²) in [6.45, 7) is 11.2. The molecule has 4 aliphatic heterocycles. The van der Waals surface area contributed by atoms with Crippen molar-refractivity contribution in [3.8, 4) is 12.1 Å². The third kappa shape index (κ3) is 9.25.